The minimum Gasteiger partial charge on any atom is -0.506 e. The summed E-state index contributed by atoms with van der Waals surface area (Å²) in [4.78, 5) is 13.1. The largest absolute Gasteiger partial charge is 0.506 e. The van der Waals surface area contributed by atoms with Crippen LogP contribution < -0.4 is 5.32 Å². The fraction of sp³-hybridized carbons (Fsp3) is 0.278. The number of sulfonamides is 1. The van der Waals surface area contributed by atoms with Crippen LogP contribution in [0.2, 0.25) is 0 Å². The molecule has 0 aromatic heterocycles. The predicted molar refractivity (Wildman–Crippen MR) is 104 cm³/mol. The molecule has 0 heterocycles. The van der Waals surface area contributed by atoms with Crippen molar-refractivity contribution in [3.05, 3.63) is 48.5 Å². The van der Waals surface area contributed by atoms with Gasteiger partial charge in [-0.2, -0.15) is 4.31 Å². The van der Waals surface area contributed by atoms with E-state index >= 15 is 0 Å². The number of benzene rings is 2. The van der Waals surface area contributed by atoms with Gasteiger partial charge in [-0.15, -0.1) is 11.8 Å². The van der Waals surface area contributed by atoms with Gasteiger partial charge in [0.15, 0.2) is 0 Å². The predicted octanol–water partition coefficient (Wildman–Crippen LogP) is 3.15. The number of hydrogen-bond donors (Lipinski definition) is 2. The van der Waals surface area contributed by atoms with Gasteiger partial charge in [0.2, 0.25) is 15.9 Å². The number of phenolic OH excluding ortho intramolecular Hbond substituents is 1. The van der Waals surface area contributed by atoms with E-state index in [2.05, 4.69) is 5.32 Å². The van der Waals surface area contributed by atoms with Crippen molar-refractivity contribution < 1.29 is 18.3 Å². The molecule has 0 aliphatic carbocycles. The molecule has 0 aliphatic heterocycles. The fourth-order valence-electron chi connectivity index (χ4n) is 2.34. The van der Waals surface area contributed by atoms with Gasteiger partial charge < -0.3 is 10.4 Å². The second-order valence-corrected chi connectivity index (χ2v) is 8.40. The first-order valence-corrected chi connectivity index (χ1v) is 10.6. The monoisotopic (exact) mass is 394 g/mol. The van der Waals surface area contributed by atoms with Crippen molar-refractivity contribution in [1.82, 2.24) is 4.31 Å². The van der Waals surface area contributed by atoms with Gasteiger partial charge in [0.05, 0.1) is 16.3 Å². The molecule has 0 unspecified atom stereocenters. The summed E-state index contributed by atoms with van der Waals surface area (Å²) in [5.41, 5.74) is 0.0805. The van der Waals surface area contributed by atoms with Crippen molar-refractivity contribution in [3.8, 4) is 5.75 Å². The maximum Gasteiger partial charge on any atom is 0.243 e. The number of rotatable bonds is 8. The van der Waals surface area contributed by atoms with Gasteiger partial charge in [-0.05, 0) is 30.3 Å². The number of thioether (sulfide) groups is 1. The number of amides is 1. The van der Waals surface area contributed by atoms with Crippen LogP contribution in [0.5, 0.6) is 5.75 Å². The number of nitrogens with zero attached hydrogens (tertiary/aromatic N) is 1. The molecule has 0 fully saturated rings. The van der Waals surface area contributed by atoms with Crippen LogP contribution in [0.4, 0.5) is 5.69 Å². The van der Waals surface area contributed by atoms with Gasteiger partial charge >= 0.3 is 0 Å². The quantitative estimate of drug-likeness (QED) is 0.531. The summed E-state index contributed by atoms with van der Waals surface area (Å²) in [5, 5.41) is 12.5. The van der Waals surface area contributed by atoms with E-state index in [1.807, 2.05) is 30.3 Å². The minimum atomic E-state index is -3.67. The molecule has 0 spiro atoms. The lowest BCUT2D eigenvalue weighted by Gasteiger charge is -2.19. The molecule has 140 valence electrons. The average Bonchev–Trinajstić information content (AvgIpc) is 2.63. The van der Waals surface area contributed by atoms with Crippen molar-refractivity contribution in [3.63, 3.8) is 0 Å². The van der Waals surface area contributed by atoms with E-state index in [1.165, 1.54) is 34.3 Å². The van der Waals surface area contributed by atoms with Crippen molar-refractivity contribution in [1.29, 1.82) is 0 Å². The van der Waals surface area contributed by atoms with Crippen molar-refractivity contribution in [2.75, 3.05) is 24.2 Å². The lowest BCUT2D eigenvalue weighted by molar-refractivity contribution is -0.113. The third kappa shape index (κ3) is 5.00. The maximum absolute atomic E-state index is 12.6. The number of aromatic hydroxyl groups is 1. The Kier molecular flexibility index (Phi) is 7.07. The summed E-state index contributed by atoms with van der Waals surface area (Å²) < 4.78 is 26.5. The van der Waals surface area contributed by atoms with Crippen LogP contribution in [-0.4, -0.2) is 42.6 Å². The number of nitrogens with one attached hydrogen (secondary N) is 1. The summed E-state index contributed by atoms with van der Waals surface area (Å²) in [6, 6.07) is 13.3. The lowest BCUT2D eigenvalue weighted by Crippen LogP contribution is -2.30. The highest BCUT2D eigenvalue weighted by molar-refractivity contribution is 8.00. The van der Waals surface area contributed by atoms with Gasteiger partial charge in [0.25, 0.3) is 0 Å². The molecule has 2 aromatic rings. The molecule has 0 radical (unpaired) electrons. The third-order valence-electron chi connectivity index (χ3n) is 3.70. The maximum atomic E-state index is 12.6. The molecule has 0 atom stereocenters. The second-order valence-electron chi connectivity index (χ2n) is 5.42. The van der Waals surface area contributed by atoms with Crippen LogP contribution >= 0.6 is 11.8 Å². The van der Waals surface area contributed by atoms with Crippen molar-refractivity contribution in [2.24, 2.45) is 0 Å². The molecule has 0 saturated heterocycles. The summed E-state index contributed by atoms with van der Waals surface area (Å²) in [7, 11) is -3.67. The molecule has 0 aliphatic rings. The van der Waals surface area contributed by atoms with Crippen LogP contribution in [0.15, 0.2) is 58.3 Å². The SMILES string of the molecule is CCN(CC)S(=O)(=O)c1ccc(O)c(NC(=O)CSc2ccccc2)c1. The minimum absolute atomic E-state index is 0.0324. The van der Waals surface area contributed by atoms with Gasteiger partial charge in [-0.25, -0.2) is 8.42 Å². The van der Waals surface area contributed by atoms with Gasteiger partial charge in [-0.3, -0.25) is 4.79 Å². The molecule has 0 saturated carbocycles. The Balaban J connectivity index is 2.13. The first-order chi connectivity index (χ1) is 12.4. The molecule has 8 heteroatoms. The van der Waals surface area contributed by atoms with Crippen LogP contribution in [0.25, 0.3) is 0 Å². The third-order valence-corrected chi connectivity index (χ3v) is 6.76. The van der Waals surface area contributed by atoms with E-state index in [0.717, 1.165) is 4.90 Å². The number of phenols is 1. The van der Waals surface area contributed by atoms with Gasteiger partial charge in [-0.1, -0.05) is 32.0 Å². The second kappa shape index (κ2) is 9.07. The summed E-state index contributed by atoms with van der Waals surface area (Å²) in [6.45, 7) is 4.19. The molecule has 26 heavy (non-hydrogen) atoms. The Morgan fingerprint density at radius 1 is 1.12 bits per heavy atom. The number of hydrogen-bond acceptors (Lipinski definition) is 5. The summed E-state index contributed by atoms with van der Waals surface area (Å²) in [5.74, 6) is -0.357. The fourth-order valence-corrected chi connectivity index (χ4v) is 4.54. The zero-order valence-corrected chi connectivity index (χ0v) is 16.3. The molecular weight excluding hydrogens is 372 g/mol. The Morgan fingerprint density at radius 3 is 2.38 bits per heavy atom. The zero-order valence-electron chi connectivity index (χ0n) is 14.7. The van der Waals surface area contributed by atoms with E-state index in [4.69, 9.17) is 0 Å². The highest BCUT2D eigenvalue weighted by Gasteiger charge is 2.23. The van der Waals surface area contributed by atoms with E-state index < -0.39 is 10.0 Å². The van der Waals surface area contributed by atoms with E-state index in [9.17, 15) is 18.3 Å². The molecule has 2 N–H and O–H groups in total. The molecule has 2 aromatic carbocycles. The number of anilines is 1. The molecule has 6 nitrogen and oxygen atoms in total. The highest BCUT2D eigenvalue weighted by atomic mass is 32.2. The first-order valence-electron chi connectivity index (χ1n) is 8.19. The average molecular weight is 395 g/mol. The van der Waals surface area contributed by atoms with Crippen LogP contribution in [0.3, 0.4) is 0 Å². The first kappa shape index (κ1) is 20.3. The highest BCUT2D eigenvalue weighted by Crippen LogP contribution is 2.28. The summed E-state index contributed by atoms with van der Waals surface area (Å²) in [6.07, 6.45) is 0. The van der Waals surface area contributed by atoms with Crippen molar-refractivity contribution in [2.45, 2.75) is 23.6 Å². The van der Waals surface area contributed by atoms with Crippen molar-refractivity contribution >= 4 is 33.4 Å². The zero-order chi connectivity index (χ0) is 19.2. The molecule has 1 amide bonds. The molecule has 2 rings (SSSR count). The van der Waals surface area contributed by atoms with E-state index in [0.29, 0.717) is 13.1 Å². The topological polar surface area (TPSA) is 86.7 Å². The van der Waals surface area contributed by atoms with E-state index in [1.54, 1.807) is 13.8 Å². The normalized spacial score (nSPS) is 11.5. The lowest BCUT2D eigenvalue weighted by atomic mass is 10.3. The Labute approximate surface area is 158 Å². The van der Waals surface area contributed by atoms with Crippen LogP contribution in [0, 0.1) is 0 Å². The standard InChI is InChI=1S/C18H22N2O4S2/c1-3-20(4-2)26(23,24)15-10-11-17(21)16(12-15)19-18(22)13-25-14-8-6-5-7-9-14/h5-12,21H,3-4,13H2,1-2H3,(H,19,22). The smallest absolute Gasteiger partial charge is 0.243 e. The Hall–Kier alpha value is -2.03. The summed E-state index contributed by atoms with van der Waals surface area (Å²) >= 11 is 1.36. The number of carbonyl (C=O) groups is 1. The molecule has 0 bridgehead atoms. The van der Waals surface area contributed by atoms with Gasteiger partial charge in [0.1, 0.15) is 5.75 Å². The molecular formula is C18H22N2O4S2. The van der Waals surface area contributed by atoms with Gasteiger partial charge in [0, 0.05) is 18.0 Å². The van der Waals surface area contributed by atoms with E-state index in [-0.39, 0.29) is 28.0 Å². The van der Waals surface area contributed by atoms with Crippen LogP contribution in [-0.2, 0) is 14.8 Å². The number of carbonyl (C=O) groups excluding carboxylic acids is 1. The Morgan fingerprint density at radius 2 is 1.77 bits per heavy atom. The van der Waals surface area contributed by atoms with Crippen LogP contribution in [0.1, 0.15) is 13.8 Å². The Bertz CT molecular complexity index is 851.